The summed E-state index contributed by atoms with van der Waals surface area (Å²) in [6.07, 6.45) is 0. The molecule has 1 aliphatic rings. The Morgan fingerprint density at radius 2 is 1.74 bits per heavy atom. The number of aliphatic imine (C=N–C) groups is 1. The zero-order valence-electron chi connectivity index (χ0n) is 13.5. The molecule has 2 aromatic carbocycles. The first-order chi connectivity index (χ1) is 11.3. The number of aryl methyl sites for hydroxylation is 1. The largest absolute Gasteiger partial charge is 0.378 e. The van der Waals surface area contributed by atoms with Gasteiger partial charge in [0.25, 0.3) is 0 Å². The molecule has 1 fully saturated rings. The molecule has 1 aliphatic heterocycles. The highest BCUT2D eigenvalue weighted by Crippen LogP contribution is 2.11. The van der Waals surface area contributed by atoms with E-state index in [1.807, 2.05) is 18.2 Å². The summed E-state index contributed by atoms with van der Waals surface area (Å²) < 4.78 is 5.45. The lowest BCUT2D eigenvalue weighted by Gasteiger charge is -2.30. The Balaban J connectivity index is 1.76. The predicted molar refractivity (Wildman–Crippen MR) is 94.8 cm³/mol. The number of ether oxygens (including phenoxy) is 1. The second kappa shape index (κ2) is 7.79. The summed E-state index contributed by atoms with van der Waals surface area (Å²) in [5, 5.41) is 3.47. The molecular weight excluding hydrogens is 286 g/mol. The zero-order valence-corrected chi connectivity index (χ0v) is 13.5. The number of benzene rings is 2. The summed E-state index contributed by atoms with van der Waals surface area (Å²) in [7, 11) is 0. The number of nitrogens with one attached hydrogen (secondary N) is 1. The molecule has 1 heterocycles. The van der Waals surface area contributed by atoms with Crippen molar-refractivity contribution in [2.45, 2.75) is 13.5 Å². The second-order valence-electron chi connectivity index (χ2n) is 5.72. The smallest absolute Gasteiger partial charge is 0.198 e. The van der Waals surface area contributed by atoms with E-state index in [-0.39, 0.29) is 0 Å². The standard InChI is InChI=1S/C19H23N3O/c1-16-7-9-18(10-8-16)21-19(22-11-13-23-14-12-22)20-15-17-5-3-2-4-6-17/h2-10H,11-15H2,1H3,(H,20,21). The van der Waals surface area contributed by atoms with Crippen molar-refractivity contribution in [3.8, 4) is 0 Å². The zero-order chi connectivity index (χ0) is 15.9. The van der Waals surface area contributed by atoms with E-state index in [1.54, 1.807) is 0 Å². The molecule has 4 heteroatoms. The SMILES string of the molecule is Cc1ccc(NC(=NCc2ccccc2)N2CCOCC2)cc1. The van der Waals surface area contributed by atoms with Crippen LogP contribution in [0.2, 0.25) is 0 Å². The van der Waals surface area contributed by atoms with Gasteiger partial charge >= 0.3 is 0 Å². The van der Waals surface area contributed by atoms with Crippen molar-refractivity contribution >= 4 is 11.6 Å². The van der Waals surface area contributed by atoms with Crippen LogP contribution >= 0.6 is 0 Å². The van der Waals surface area contributed by atoms with E-state index in [4.69, 9.17) is 9.73 Å². The summed E-state index contributed by atoms with van der Waals surface area (Å²) in [5.41, 5.74) is 3.53. The topological polar surface area (TPSA) is 36.9 Å². The van der Waals surface area contributed by atoms with Gasteiger partial charge in [0.15, 0.2) is 5.96 Å². The Kier molecular flexibility index (Phi) is 5.27. The highest BCUT2D eigenvalue weighted by molar-refractivity contribution is 5.93. The van der Waals surface area contributed by atoms with E-state index in [0.717, 1.165) is 38.0 Å². The van der Waals surface area contributed by atoms with Crippen molar-refractivity contribution in [1.82, 2.24) is 4.90 Å². The lowest BCUT2D eigenvalue weighted by Crippen LogP contribution is -2.44. The van der Waals surface area contributed by atoms with Gasteiger partial charge in [0.05, 0.1) is 19.8 Å². The third-order valence-electron chi connectivity index (χ3n) is 3.87. The molecule has 0 saturated carbocycles. The summed E-state index contributed by atoms with van der Waals surface area (Å²) in [6, 6.07) is 18.7. The maximum atomic E-state index is 5.45. The van der Waals surface area contributed by atoms with Crippen LogP contribution in [0.1, 0.15) is 11.1 Å². The van der Waals surface area contributed by atoms with E-state index in [1.165, 1.54) is 11.1 Å². The molecule has 0 amide bonds. The lowest BCUT2D eigenvalue weighted by atomic mass is 10.2. The Hall–Kier alpha value is -2.33. The minimum atomic E-state index is 0.673. The van der Waals surface area contributed by atoms with Crippen LogP contribution in [0.4, 0.5) is 5.69 Å². The van der Waals surface area contributed by atoms with Gasteiger partial charge in [-0.25, -0.2) is 4.99 Å². The first-order valence-corrected chi connectivity index (χ1v) is 8.06. The molecule has 23 heavy (non-hydrogen) atoms. The molecule has 4 nitrogen and oxygen atoms in total. The second-order valence-corrected chi connectivity index (χ2v) is 5.72. The third-order valence-corrected chi connectivity index (χ3v) is 3.87. The highest BCUT2D eigenvalue weighted by atomic mass is 16.5. The molecule has 120 valence electrons. The van der Waals surface area contributed by atoms with Gasteiger partial charge in [-0.1, -0.05) is 48.0 Å². The van der Waals surface area contributed by atoms with Crippen LogP contribution in [0.15, 0.2) is 59.6 Å². The minimum Gasteiger partial charge on any atom is -0.378 e. The van der Waals surface area contributed by atoms with Crippen LogP contribution in [-0.4, -0.2) is 37.2 Å². The summed E-state index contributed by atoms with van der Waals surface area (Å²) >= 11 is 0. The molecule has 0 radical (unpaired) electrons. The van der Waals surface area contributed by atoms with Crippen molar-refractivity contribution in [2.24, 2.45) is 4.99 Å². The predicted octanol–water partition coefficient (Wildman–Crippen LogP) is 3.30. The lowest BCUT2D eigenvalue weighted by molar-refractivity contribution is 0.0679. The summed E-state index contributed by atoms with van der Waals surface area (Å²) in [6.45, 7) is 6.00. The Bertz CT molecular complexity index is 631. The molecule has 0 unspecified atom stereocenters. The van der Waals surface area contributed by atoms with E-state index >= 15 is 0 Å². The van der Waals surface area contributed by atoms with Crippen LogP contribution in [0, 0.1) is 6.92 Å². The third kappa shape index (κ3) is 4.57. The summed E-state index contributed by atoms with van der Waals surface area (Å²) in [4.78, 5) is 7.07. The molecule has 0 aliphatic carbocycles. The molecule has 0 bridgehead atoms. The fourth-order valence-corrected chi connectivity index (χ4v) is 2.51. The fraction of sp³-hybridized carbons (Fsp3) is 0.316. The number of anilines is 1. The average Bonchev–Trinajstić information content (AvgIpc) is 2.62. The minimum absolute atomic E-state index is 0.673. The maximum absolute atomic E-state index is 5.45. The molecule has 0 atom stereocenters. The van der Waals surface area contributed by atoms with E-state index in [9.17, 15) is 0 Å². The van der Waals surface area contributed by atoms with Crippen molar-refractivity contribution in [2.75, 3.05) is 31.6 Å². The van der Waals surface area contributed by atoms with Crippen molar-refractivity contribution in [3.05, 3.63) is 65.7 Å². The van der Waals surface area contributed by atoms with Crippen LogP contribution in [0.25, 0.3) is 0 Å². The van der Waals surface area contributed by atoms with E-state index < -0.39 is 0 Å². The Labute approximate surface area is 137 Å². The van der Waals surface area contributed by atoms with Crippen molar-refractivity contribution in [1.29, 1.82) is 0 Å². The maximum Gasteiger partial charge on any atom is 0.198 e. The first-order valence-electron chi connectivity index (χ1n) is 8.06. The van der Waals surface area contributed by atoms with Crippen molar-refractivity contribution in [3.63, 3.8) is 0 Å². The fourth-order valence-electron chi connectivity index (χ4n) is 2.51. The number of hydrogen-bond acceptors (Lipinski definition) is 2. The van der Waals surface area contributed by atoms with Gasteiger partial charge in [0.1, 0.15) is 0 Å². The first kappa shape index (κ1) is 15.6. The van der Waals surface area contributed by atoms with Crippen molar-refractivity contribution < 1.29 is 4.74 Å². The number of hydrogen-bond donors (Lipinski definition) is 1. The normalized spacial score (nSPS) is 15.5. The quantitative estimate of drug-likeness (QED) is 0.698. The number of rotatable bonds is 3. The van der Waals surface area contributed by atoms with Gasteiger partial charge in [-0.05, 0) is 24.6 Å². The van der Waals surface area contributed by atoms with E-state index in [2.05, 4.69) is 53.5 Å². The molecule has 1 N–H and O–H groups in total. The van der Waals surface area contributed by atoms with Gasteiger partial charge in [-0.2, -0.15) is 0 Å². The van der Waals surface area contributed by atoms with E-state index in [0.29, 0.717) is 6.54 Å². The van der Waals surface area contributed by atoms with Gasteiger partial charge < -0.3 is 15.0 Å². The molecule has 1 saturated heterocycles. The monoisotopic (exact) mass is 309 g/mol. The summed E-state index contributed by atoms with van der Waals surface area (Å²) in [5.74, 6) is 0.918. The number of morpholine rings is 1. The van der Waals surface area contributed by atoms with Crippen LogP contribution in [0.5, 0.6) is 0 Å². The number of nitrogens with zero attached hydrogens (tertiary/aromatic N) is 2. The molecule has 0 spiro atoms. The highest BCUT2D eigenvalue weighted by Gasteiger charge is 2.15. The number of guanidine groups is 1. The molecule has 0 aromatic heterocycles. The van der Waals surface area contributed by atoms with Gasteiger partial charge in [0.2, 0.25) is 0 Å². The van der Waals surface area contributed by atoms with Gasteiger partial charge in [0, 0.05) is 18.8 Å². The van der Waals surface area contributed by atoms with Gasteiger partial charge in [-0.3, -0.25) is 0 Å². The van der Waals surface area contributed by atoms with Gasteiger partial charge in [-0.15, -0.1) is 0 Å². The Morgan fingerprint density at radius 3 is 2.43 bits per heavy atom. The van der Waals surface area contributed by atoms with Crippen LogP contribution < -0.4 is 5.32 Å². The van der Waals surface area contributed by atoms with Crippen LogP contribution in [0.3, 0.4) is 0 Å². The molecular formula is C19H23N3O. The molecule has 2 aromatic rings. The van der Waals surface area contributed by atoms with Crippen LogP contribution in [-0.2, 0) is 11.3 Å². The Morgan fingerprint density at radius 1 is 1.04 bits per heavy atom. The molecule has 3 rings (SSSR count). The average molecular weight is 309 g/mol.